The molecule has 1 fully saturated rings. The SMILES string of the molecule is CC(C)N1C(=O)C(c2ccccc2)OC1(C)C. The van der Waals surface area contributed by atoms with E-state index in [0.29, 0.717) is 0 Å². The molecular formula is C14H19NO2. The number of hydrogen-bond acceptors (Lipinski definition) is 2. The van der Waals surface area contributed by atoms with Crippen molar-refractivity contribution < 1.29 is 9.53 Å². The third-order valence-corrected chi connectivity index (χ3v) is 3.07. The number of hydrogen-bond donors (Lipinski definition) is 0. The van der Waals surface area contributed by atoms with Crippen LogP contribution in [-0.2, 0) is 9.53 Å². The van der Waals surface area contributed by atoms with E-state index in [4.69, 9.17) is 4.74 Å². The molecule has 3 heteroatoms. The summed E-state index contributed by atoms with van der Waals surface area (Å²) >= 11 is 0. The molecule has 1 heterocycles. The minimum absolute atomic E-state index is 0.0520. The van der Waals surface area contributed by atoms with Crippen molar-refractivity contribution >= 4 is 5.91 Å². The van der Waals surface area contributed by atoms with Crippen LogP contribution in [0.3, 0.4) is 0 Å². The van der Waals surface area contributed by atoms with Crippen molar-refractivity contribution in [1.82, 2.24) is 4.90 Å². The summed E-state index contributed by atoms with van der Waals surface area (Å²) in [5.41, 5.74) is 0.389. The minimum atomic E-state index is -0.536. The lowest BCUT2D eigenvalue weighted by Crippen LogP contribution is -2.46. The van der Waals surface area contributed by atoms with Crippen molar-refractivity contribution in [2.45, 2.75) is 45.6 Å². The van der Waals surface area contributed by atoms with Gasteiger partial charge in [-0.2, -0.15) is 0 Å². The van der Waals surface area contributed by atoms with E-state index in [0.717, 1.165) is 5.56 Å². The van der Waals surface area contributed by atoms with Gasteiger partial charge in [-0.15, -0.1) is 0 Å². The molecule has 0 aliphatic carbocycles. The van der Waals surface area contributed by atoms with Crippen LogP contribution in [0.15, 0.2) is 30.3 Å². The second kappa shape index (κ2) is 4.15. The Kier molecular flexibility index (Phi) is 2.96. The first kappa shape index (κ1) is 12.1. The maximum absolute atomic E-state index is 12.4. The van der Waals surface area contributed by atoms with Gasteiger partial charge in [-0.25, -0.2) is 0 Å². The summed E-state index contributed by atoms with van der Waals surface area (Å²) < 4.78 is 5.90. The molecule has 17 heavy (non-hydrogen) atoms. The summed E-state index contributed by atoms with van der Waals surface area (Å²) in [5.74, 6) is 0.0520. The van der Waals surface area contributed by atoms with Crippen molar-refractivity contribution in [3.8, 4) is 0 Å². The molecule has 1 aromatic rings. The molecule has 0 saturated carbocycles. The summed E-state index contributed by atoms with van der Waals surface area (Å²) in [7, 11) is 0. The molecule has 1 saturated heterocycles. The summed E-state index contributed by atoms with van der Waals surface area (Å²) in [4.78, 5) is 14.2. The van der Waals surface area contributed by atoms with Crippen LogP contribution in [0, 0.1) is 0 Å². The maximum atomic E-state index is 12.4. The number of amides is 1. The van der Waals surface area contributed by atoms with Crippen LogP contribution in [0.1, 0.15) is 39.4 Å². The van der Waals surface area contributed by atoms with Gasteiger partial charge in [0, 0.05) is 6.04 Å². The van der Waals surface area contributed by atoms with Gasteiger partial charge < -0.3 is 9.64 Å². The smallest absolute Gasteiger partial charge is 0.258 e. The van der Waals surface area contributed by atoms with Crippen molar-refractivity contribution in [1.29, 1.82) is 0 Å². The molecule has 0 bridgehead atoms. The highest BCUT2D eigenvalue weighted by Crippen LogP contribution is 2.37. The lowest BCUT2D eigenvalue weighted by molar-refractivity contribution is -0.134. The Morgan fingerprint density at radius 3 is 2.29 bits per heavy atom. The number of rotatable bonds is 2. The first-order valence-corrected chi connectivity index (χ1v) is 5.99. The van der Waals surface area contributed by atoms with Gasteiger partial charge >= 0.3 is 0 Å². The standard InChI is InChI=1S/C14H19NO2/c1-10(2)15-13(16)12(17-14(15,3)4)11-8-6-5-7-9-11/h5-10,12H,1-4H3. The first-order chi connectivity index (χ1) is 7.93. The average Bonchev–Trinajstić information content (AvgIpc) is 2.50. The highest BCUT2D eigenvalue weighted by Gasteiger charge is 2.47. The summed E-state index contributed by atoms with van der Waals surface area (Å²) in [6.07, 6.45) is -0.464. The van der Waals surface area contributed by atoms with Crippen LogP contribution in [0.5, 0.6) is 0 Å². The van der Waals surface area contributed by atoms with Gasteiger partial charge in [-0.05, 0) is 33.3 Å². The zero-order valence-corrected chi connectivity index (χ0v) is 10.8. The Hall–Kier alpha value is -1.35. The van der Waals surface area contributed by atoms with Crippen LogP contribution in [0.2, 0.25) is 0 Å². The number of carbonyl (C=O) groups excluding carboxylic acids is 1. The molecule has 0 radical (unpaired) electrons. The fourth-order valence-electron chi connectivity index (χ4n) is 2.50. The lowest BCUT2D eigenvalue weighted by atomic mass is 10.1. The molecular weight excluding hydrogens is 214 g/mol. The Bertz CT molecular complexity index is 411. The summed E-state index contributed by atoms with van der Waals surface area (Å²) in [6.45, 7) is 7.90. The minimum Gasteiger partial charge on any atom is -0.338 e. The fourth-order valence-corrected chi connectivity index (χ4v) is 2.50. The van der Waals surface area contributed by atoms with Crippen LogP contribution in [0.4, 0.5) is 0 Å². The zero-order valence-electron chi connectivity index (χ0n) is 10.8. The largest absolute Gasteiger partial charge is 0.338 e. The molecule has 92 valence electrons. The fraction of sp³-hybridized carbons (Fsp3) is 0.500. The molecule has 0 N–H and O–H groups in total. The van der Waals surface area contributed by atoms with Gasteiger partial charge in [0.25, 0.3) is 5.91 Å². The molecule has 1 unspecified atom stereocenters. The number of benzene rings is 1. The van der Waals surface area contributed by atoms with Crippen LogP contribution < -0.4 is 0 Å². The molecule has 1 aliphatic heterocycles. The van der Waals surface area contributed by atoms with E-state index < -0.39 is 11.8 Å². The Morgan fingerprint density at radius 1 is 1.24 bits per heavy atom. The predicted molar refractivity (Wildman–Crippen MR) is 66.3 cm³/mol. The molecule has 1 aromatic carbocycles. The molecule has 0 spiro atoms. The Balaban J connectivity index is 2.33. The van der Waals surface area contributed by atoms with Gasteiger partial charge in [0.05, 0.1) is 0 Å². The van der Waals surface area contributed by atoms with Crippen molar-refractivity contribution in [3.05, 3.63) is 35.9 Å². The third-order valence-electron chi connectivity index (χ3n) is 3.07. The average molecular weight is 233 g/mol. The van der Waals surface area contributed by atoms with Gasteiger partial charge in [0.15, 0.2) is 6.10 Å². The number of nitrogens with zero attached hydrogens (tertiary/aromatic N) is 1. The highest BCUT2D eigenvalue weighted by molar-refractivity contribution is 5.84. The molecule has 1 atom stereocenters. The predicted octanol–water partition coefficient (Wildman–Crippen LogP) is 2.73. The van der Waals surface area contributed by atoms with E-state index in [-0.39, 0.29) is 11.9 Å². The summed E-state index contributed by atoms with van der Waals surface area (Å²) in [6, 6.07) is 9.80. The molecule has 1 amide bonds. The van der Waals surface area contributed by atoms with Gasteiger partial charge in [-0.3, -0.25) is 4.79 Å². The Morgan fingerprint density at radius 2 is 1.82 bits per heavy atom. The number of ether oxygens (including phenoxy) is 1. The lowest BCUT2D eigenvalue weighted by Gasteiger charge is -2.32. The second-order valence-electron chi connectivity index (χ2n) is 5.16. The van der Waals surface area contributed by atoms with Crippen LogP contribution >= 0.6 is 0 Å². The van der Waals surface area contributed by atoms with E-state index in [2.05, 4.69) is 0 Å². The Labute approximate surface area is 102 Å². The number of carbonyl (C=O) groups is 1. The van der Waals surface area contributed by atoms with Crippen molar-refractivity contribution in [3.63, 3.8) is 0 Å². The second-order valence-corrected chi connectivity index (χ2v) is 5.16. The molecule has 3 nitrogen and oxygen atoms in total. The van der Waals surface area contributed by atoms with Crippen LogP contribution in [0.25, 0.3) is 0 Å². The van der Waals surface area contributed by atoms with Gasteiger partial charge in [0.1, 0.15) is 5.72 Å². The maximum Gasteiger partial charge on any atom is 0.258 e. The van der Waals surface area contributed by atoms with E-state index >= 15 is 0 Å². The zero-order chi connectivity index (χ0) is 12.6. The topological polar surface area (TPSA) is 29.5 Å². The van der Waals surface area contributed by atoms with E-state index in [1.54, 1.807) is 0 Å². The van der Waals surface area contributed by atoms with Gasteiger partial charge in [0.2, 0.25) is 0 Å². The van der Waals surface area contributed by atoms with Crippen molar-refractivity contribution in [2.24, 2.45) is 0 Å². The molecule has 0 aromatic heterocycles. The van der Waals surface area contributed by atoms with E-state index in [1.165, 1.54) is 0 Å². The van der Waals surface area contributed by atoms with Crippen molar-refractivity contribution in [2.75, 3.05) is 0 Å². The van der Waals surface area contributed by atoms with Gasteiger partial charge in [-0.1, -0.05) is 30.3 Å². The van der Waals surface area contributed by atoms with Crippen LogP contribution in [-0.4, -0.2) is 22.6 Å². The normalized spacial score (nSPS) is 23.5. The molecule has 1 aliphatic rings. The van der Waals surface area contributed by atoms with E-state index in [1.807, 2.05) is 62.9 Å². The third kappa shape index (κ3) is 2.07. The molecule has 2 rings (SSSR count). The quantitative estimate of drug-likeness (QED) is 0.786. The highest BCUT2D eigenvalue weighted by atomic mass is 16.5. The first-order valence-electron chi connectivity index (χ1n) is 5.99. The monoisotopic (exact) mass is 233 g/mol. The summed E-state index contributed by atoms with van der Waals surface area (Å²) in [5, 5.41) is 0. The van der Waals surface area contributed by atoms with E-state index in [9.17, 15) is 4.79 Å².